The van der Waals surface area contributed by atoms with Crippen LogP contribution < -0.4 is 10.9 Å². The summed E-state index contributed by atoms with van der Waals surface area (Å²) in [4.78, 5) is 55.4. The molecule has 9 nitrogen and oxygen atoms in total. The number of carbonyl (C=O) groups is 3. The second kappa shape index (κ2) is 10.8. The van der Waals surface area contributed by atoms with Crippen LogP contribution in [0.5, 0.6) is 0 Å². The van der Waals surface area contributed by atoms with Crippen LogP contribution in [-0.2, 0) is 14.3 Å². The van der Waals surface area contributed by atoms with Crippen molar-refractivity contribution in [3.63, 3.8) is 0 Å². The van der Waals surface area contributed by atoms with Crippen LogP contribution in [0.2, 0.25) is 0 Å². The Morgan fingerprint density at radius 3 is 2.36 bits per heavy atom. The zero-order valence-electron chi connectivity index (χ0n) is 19.6. The number of carbonyl (C=O) groups excluding carboxylic acids is 3. The van der Waals surface area contributed by atoms with Gasteiger partial charge in [0.1, 0.15) is 9.88 Å². The average molecular weight is 524 g/mol. The molecule has 1 amide bonds. The highest BCUT2D eigenvalue weighted by atomic mass is 32.2. The Hall–Kier alpha value is -3.96. The number of esters is 2. The van der Waals surface area contributed by atoms with Crippen molar-refractivity contribution in [3.8, 4) is 5.69 Å². The Labute approximate surface area is 214 Å². The molecule has 11 heteroatoms. The topological polar surface area (TPSA) is 117 Å². The maximum atomic E-state index is 13.3. The molecule has 4 aromatic rings. The summed E-state index contributed by atoms with van der Waals surface area (Å²) in [7, 11) is 2.45. The lowest BCUT2D eigenvalue weighted by atomic mass is 10.1. The number of amides is 1. The number of nitrogens with one attached hydrogen (secondary N) is 1. The second-order valence-corrected chi connectivity index (χ2v) is 9.43. The SMILES string of the molecule is COC(=O)c1sc(NC(=O)CSc2nc3ccccc3c(=O)n2-c2ccccc2)c(C(=O)OC)c1C. The molecule has 1 N–H and O–H groups in total. The normalized spacial score (nSPS) is 10.8. The van der Waals surface area contributed by atoms with Crippen LogP contribution in [0, 0.1) is 6.92 Å². The van der Waals surface area contributed by atoms with Crippen molar-refractivity contribution in [2.45, 2.75) is 12.1 Å². The molecular weight excluding hydrogens is 502 g/mol. The lowest BCUT2D eigenvalue weighted by molar-refractivity contribution is -0.113. The van der Waals surface area contributed by atoms with E-state index in [4.69, 9.17) is 9.47 Å². The highest BCUT2D eigenvalue weighted by Crippen LogP contribution is 2.34. The molecule has 0 bridgehead atoms. The number of hydrogen-bond acceptors (Lipinski definition) is 9. The van der Waals surface area contributed by atoms with Crippen LogP contribution in [0.25, 0.3) is 16.6 Å². The van der Waals surface area contributed by atoms with Gasteiger partial charge in [-0.1, -0.05) is 42.1 Å². The Bertz CT molecular complexity index is 1530. The first-order valence-corrected chi connectivity index (χ1v) is 12.5. The summed E-state index contributed by atoms with van der Waals surface area (Å²) in [5, 5.41) is 3.66. The molecule has 0 aliphatic carbocycles. The minimum absolute atomic E-state index is 0.0891. The van der Waals surface area contributed by atoms with E-state index in [-0.39, 0.29) is 26.8 Å². The summed E-state index contributed by atoms with van der Waals surface area (Å²) in [6.45, 7) is 1.58. The lowest BCUT2D eigenvalue weighted by Gasteiger charge is -2.13. The Kier molecular flexibility index (Phi) is 7.51. The summed E-state index contributed by atoms with van der Waals surface area (Å²) >= 11 is 2.01. The second-order valence-electron chi connectivity index (χ2n) is 7.47. The van der Waals surface area contributed by atoms with Crippen LogP contribution in [0.4, 0.5) is 5.00 Å². The number of rotatable bonds is 7. The quantitative estimate of drug-likeness (QED) is 0.219. The van der Waals surface area contributed by atoms with Crippen LogP contribution in [0.1, 0.15) is 25.6 Å². The fourth-order valence-electron chi connectivity index (χ4n) is 3.54. The average Bonchev–Trinajstić information content (AvgIpc) is 3.22. The number of benzene rings is 2. The number of ether oxygens (including phenoxy) is 2. The number of aromatic nitrogens is 2. The molecule has 2 aromatic carbocycles. The van der Waals surface area contributed by atoms with Gasteiger partial charge in [0, 0.05) is 0 Å². The zero-order chi connectivity index (χ0) is 25.8. The van der Waals surface area contributed by atoms with Gasteiger partial charge in [-0.05, 0) is 36.8 Å². The number of hydrogen-bond donors (Lipinski definition) is 1. The van der Waals surface area contributed by atoms with Crippen molar-refractivity contribution in [2.24, 2.45) is 0 Å². The Morgan fingerprint density at radius 2 is 1.67 bits per heavy atom. The largest absolute Gasteiger partial charge is 0.465 e. The molecule has 0 aliphatic rings. The van der Waals surface area contributed by atoms with Crippen LogP contribution in [-0.4, -0.2) is 47.4 Å². The predicted octanol–water partition coefficient (Wildman–Crippen LogP) is 4.06. The van der Waals surface area contributed by atoms with Crippen LogP contribution in [0.3, 0.4) is 0 Å². The van der Waals surface area contributed by atoms with Crippen molar-refractivity contribution < 1.29 is 23.9 Å². The third-order valence-electron chi connectivity index (χ3n) is 5.25. The molecule has 0 fully saturated rings. The van der Waals surface area contributed by atoms with E-state index in [0.717, 1.165) is 23.1 Å². The van der Waals surface area contributed by atoms with Gasteiger partial charge in [0.15, 0.2) is 5.16 Å². The molecule has 4 rings (SSSR count). The number of methoxy groups -OCH3 is 2. The number of para-hydroxylation sites is 2. The standard InChI is InChI=1S/C25H21N3O6S2/c1-14-19(23(31)33-2)21(36-20(14)24(32)34-3)27-18(29)13-35-25-26-17-12-8-7-11-16(17)22(30)28(25)15-9-5-4-6-10-15/h4-12H,13H2,1-3H3,(H,27,29). The highest BCUT2D eigenvalue weighted by molar-refractivity contribution is 7.99. The summed E-state index contributed by atoms with van der Waals surface area (Å²) in [5.74, 6) is -1.87. The number of thioether (sulfide) groups is 1. The molecule has 36 heavy (non-hydrogen) atoms. The van der Waals surface area contributed by atoms with Gasteiger partial charge < -0.3 is 14.8 Å². The van der Waals surface area contributed by atoms with Crippen molar-refractivity contribution in [1.29, 1.82) is 0 Å². The molecule has 0 atom stereocenters. The molecule has 184 valence electrons. The van der Waals surface area contributed by atoms with Gasteiger partial charge >= 0.3 is 11.9 Å². The first kappa shape index (κ1) is 25.1. The van der Waals surface area contributed by atoms with Gasteiger partial charge in [0.25, 0.3) is 5.56 Å². The van der Waals surface area contributed by atoms with E-state index in [2.05, 4.69) is 10.3 Å². The number of nitrogens with zero attached hydrogens (tertiary/aromatic N) is 2. The fraction of sp³-hybridized carbons (Fsp3) is 0.160. The molecule has 0 aliphatic heterocycles. The monoisotopic (exact) mass is 523 g/mol. The molecule has 2 aromatic heterocycles. The summed E-state index contributed by atoms with van der Waals surface area (Å²) in [5.41, 5.74) is 1.33. The smallest absolute Gasteiger partial charge is 0.348 e. The molecule has 0 saturated carbocycles. The Balaban J connectivity index is 1.65. The molecule has 0 saturated heterocycles. The van der Waals surface area contributed by atoms with Crippen molar-refractivity contribution in [1.82, 2.24) is 9.55 Å². The van der Waals surface area contributed by atoms with Gasteiger partial charge in [-0.15, -0.1) is 11.3 Å². The van der Waals surface area contributed by atoms with Crippen LogP contribution >= 0.6 is 23.1 Å². The first-order valence-electron chi connectivity index (χ1n) is 10.7. The van der Waals surface area contributed by atoms with Gasteiger partial charge in [0.05, 0.1) is 42.1 Å². The summed E-state index contributed by atoms with van der Waals surface area (Å²) in [6, 6.07) is 16.0. The number of fused-ring (bicyclic) bond motifs is 1. The van der Waals surface area contributed by atoms with Crippen LogP contribution in [0.15, 0.2) is 64.5 Å². The zero-order valence-corrected chi connectivity index (χ0v) is 21.2. The molecular formula is C25H21N3O6S2. The predicted molar refractivity (Wildman–Crippen MR) is 138 cm³/mol. The van der Waals surface area contributed by atoms with E-state index in [1.54, 1.807) is 43.3 Å². The summed E-state index contributed by atoms with van der Waals surface area (Å²) in [6.07, 6.45) is 0. The minimum atomic E-state index is -0.684. The number of anilines is 1. The maximum absolute atomic E-state index is 13.3. The molecule has 0 spiro atoms. The van der Waals surface area contributed by atoms with Crippen molar-refractivity contribution in [2.75, 3.05) is 25.3 Å². The van der Waals surface area contributed by atoms with E-state index in [1.165, 1.54) is 18.8 Å². The maximum Gasteiger partial charge on any atom is 0.348 e. The highest BCUT2D eigenvalue weighted by Gasteiger charge is 2.27. The molecule has 0 unspecified atom stereocenters. The lowest BCUT2D eigenvalue weighted by Crippen LogP contribution is -2.23. The van der Waals surface area contributed by atoms with Gasteiger partial charge in [-0.3, -0.25) is 14.2 Å². The summed E-state index contributed by atoms with van der Waals surface area (Å²) < 4.78 is 11.1. The third-order valence-corrected chi connectivity index (χ3v) is 7.38. The third kappa shape index (κ3) is 4.88. The van der Waals surface area contributed by atoms with Crippen molar-refractivity contribution >= 4 is 56.8 Å². The van der Waals surface area contributed by atoms with E-state index >= 15 is 0 Å². The minimum Gasteiger partial charge on any atom is -0.465 e. The first-order chi connectivity index (χ1) is 17.3. The van der Waals surface area contributed by atoms with Gasteiger partial charge in [-0.2, -0.15) is 0 Å². The van der Waals surface area contributed by atoms with Gasteiger partial charge in [-0.25, -0.2) is 14.6 Å². The number of thiophene rings is 1. The molecule has 2 heterocycles. The van der Waals surface area contributed by atoms with E-state index in [9.17, 15) is 19.2 Å². The Morgan fingerprint density at radius 1 is 1.00 bits per heavy atom. The van der Waals surface area contributed by atoms with E-state index in [1.807, 2.05) is 18.2 Å². The van der Waals surface area contributed by atoms with E-state index < -0.39 is 17.8 Å². The fourth-order valence-corrected chi connectivity index (χ4v) is 5.49. The van der Waals surface area contributed by atoms with E-state index in [0.29, 0.717) is 27.3 Å². The molecule has 0 radical (unpaired) electrons. The van der Waals surface area contributed by atoms with Gasteiger partial charge in [0.2, 0.25) is 5.91 Å². The van der Waals surface area contributed by atoms with Crippen molar-refractivity contribution in [3.05, 3.63) is 81.0 Å².